The molecule has 1 heterocycles. The maximum absolute atomic E-state index is 10.4. The fourth-order valence-corrected chi connectivity index (χ4v) is 1.87. The first kappa shape index (κ1) is 8.94. The fraction of sp³-hybridized carbons (Fsp3) is 0.625. The van der Waals surface area contributed by atoms with Crippen LogP contribution in [0.15, 0.2) is 10.1 Å². The van der Waals surface area contributed by atoms with E-state index in [1.54, 1.807) is 0 Å². The number of ether oxygens (including phenoxy) is 1. The lowest BCUT2D eigenvalue weighted by Crippen LogP contribution is -2.30. The summed E-state index contributed by atoms with van der Waals surface area (Å²) in [7, 11) is 0. The van der Waals surface area contributed by atoms with Crippen molar-refractivity contribution in [2.75, 3.05) is 6.61 Å². The SMILES string of the molecule is CC1(C)CC(Br)=C(C=O)CO1. The Labute approximate surface area is 74.7 Å². The van der Waals surface area contributed by atoms with E-state index in [-0.39, 0.29) is 5.60 Å². The molecule has 2 nitrogen and oxygen atoms in total. The second kappa shape index (κ2) is 3.07. The molecule has 0 fully saturated rings. The van der Waals surface area contributed by atoms with Crippen molar-refractivity contribution in [2.24, 2.45) is 0 Å². The van der Waals surface area contributed by atoms with Gasteiger partial charge in [0.15, 0.2) is 0 Å². The normalized spacial score (nSPS) is 23.5. The first-order valence-corrected chi connectivity index (χ1v) is 4.31. The number of carbonyl (C=O) groups is 1. The summed E-state index contributed by atoms with van der Waals surface area (Å²) < 4.78 is 6.40. The van der Waals surface area contributed by atoms with Gasteiger partial charge >= 0.3 is 0 Å². The van der Waals surface area contributed by atoms with E-state index < -0.39 is 0 Å². The molecule has 0 N–H and O–H groups in total. The number of aldehydes is 1. The first-order valence-electron chi connectivity index (χ1n) is 3.52. The fourth-order valence-electron chi connectivity index (χ4n) is 0.988. The molecule has 0 radical (unpaired) electrons. The van der Waals surface area contributed by atoms with Gasteiger partial charge in [-0.1, -0.05) is 15.9 Å². The van der Waals surface area contributed by atoms with Gasteiger partial charge in [0.25, 0.3) is 0 Å². The third kappa shape index (κ3) is 2.14. The highest BCUT2D eigenvalue weighted by atomic mass is 79.9. The Kier molecular flexibility index (Phi) is 2.50. The summed E-state index contributed by atoms with van der Waals surface area (Å²) in [6.07, 6.45) is 1.63. The molecule has 1 aliphatic heterocycles. The van der Waals surface area contributed by atoms with Crippen LogP contribution in [0.25, 0.3) is 0 Å². The van der Waals surface area contributed by atoms with E-state index in [1.807, 2.05) is 13.8 Å². The van der Waals surface area contributed by atoms with Crippen LogP contribution < -0.4 is 0 Å². The molecule has 0 aromatic rings. The molecular weight excluding hydrogens is 208 g/mol. The van der Waals surface area contributed by atoms with Crippen LogP contribution in [0.4, 0.5) is 0 Å². The van der Waals surface area contributed by atoms with Gasteiger partial charge in [0.2, 0.25) is 0 Å². The average Bonchev–Trinajstić information content (AvgIpc) is 1.86. The molecule has 3 heteroatoms. The quantitative estimate of drug-likeness (QED) is 0.630. The number of rotatable bonds is 1. The number of hydrogen-bond acceptors (Lipinski definition) is 2. The second-order valence-corrected chi connectivity index (χ2v) is 4.23. The minimum atomic E-state index is -0.134. The molecule has 62 valence electrons. The van der Waals surface area contributed by atoms with E-state index >= 15 is 0 Å². The highest BCUT2D eigenvalue weighted by Gasteiger charge is 2.26. The van der Waals surface area contributed by atoms with Crippen LogP contribution in [0.2, 0.25) is 0 Å². The van der Waals surface area contributed by atoms with Crippen LogP contribution in [0.5, 0.6) is 0 Å². The molecule has 11 heavy (non-hydrogen) atoms. The van der Waals surface area contributed by atoms with Crippen molar-refractivity contribution in [2.45, 2.75) is 25.9 Å². The van der Waals surface area contributed by atoms with E-state index in [4.69, 9.17) is 4.74 Å². The summed E-state index contributed by atoms with van der Waals surface area (Å²) in [6, 6.07) is 0. The lowest BCUT2D eigenvalue weighted by atomic mass is 10.0. The van der Waals surface area contributed by atoms with Gasteiger partial charge < -0.3 is 4.74 Å². The lowest BCUT2D eigenvalue weighted by Gasteiger charge is -2.30. The van der Waals surface area contributed by atoms with Crippen molar-refractivity contribution < 1.29 is 9.53 Å². The Balaban J connectivity index is 2.79. The zero-order valence-electron chi connectivity index (χ0n) is 6.69. The molecule has 0 saturated carbocycles. The Hall–Kier alpha value is -0.150. The smallest absolute Gasteiger partial charge is 0.149 e. The van der Waals surface area contributed by atoms with Crippen LogP contribution in [0, 0.1) is 0 Å². The summed E-state index contributed by atoms with van der Waals surface area (Å²) in [5, 5.41) is 0. The average molecular weight is 219 g/mol. The maximum Gasteiger partial charge on any atom is 0.149 e. The first-order chi connectivity index (χ1) is 5.05. The van der Waals surface area contributed by atoms with Crippen molar-refractivity contribution in [3.63, 3.8) is 0 Å². The van der Waals surface area contributed by atoms with Crippen molar-refractivity contribution in [1.29, 1.82) is 0 Å². The molecule has 0 saturated heterocycles. The standard InChI is InChI=1S/C8H11BrO2/c1-8(2)3-7(9)6(4-10)5-11-8/h4H,3,5H2,1-2H3. The Morgan fingerprint density at radius 3 is 2.73 bits per heavy atom. The maximum atomic E-state index is 10.4. The monoisotopic (exact) mass is 218 g/mol. The van der Waals surface area contributed by atoms with E-state index in [1.165, 1.54) is 0 Å². The number of halogens is 1. The van der Waals surface area contributed by atoms with Crippen LogP contribution in [0.1, 0.15) is 20.3 Å². The van der Waals surface area contributed by atoms with Gasteiger partial charge in [-0.2, -0.15) is 0 Å². The summed E-state index contributed by atoms with van der Waals surface area (Å²) in [5.74, 6) is 0. The van der Waals surface area contributed by atoms with Crippen molar-refractivity contribution in [3.8, 4) is 0 Å². The summed E-state index contributed by atoms with van der Waals surface area (Å²) in [4.78, 5) is 10.4. The van der Waals surface area contributed by atoms with Crippen LogP contribution in [-0.4, -0.2) is 18.5 Å². The van der Waals surface area contributed by atoms with Gasteiger partial charge in [0, 0.05) is 16.5 Å². The van der Waals surface area contributed by atoms with E-state index in [0.29, 0.717) is 6.61 Å². The van der Waals surface area contributed by atoms with Gasteiger partial charge in [-0.05, 0) is 13.8 Å². The predicted molar refractivity (Wildman–Crippen MR) is 46.7 cm³/mol. The zero-order chi connectivity index (χ0) is 8.48. The van der Waals surface area contributed by atoms with Gasteiger partial charge in [0.05, 0.1) is 12.2 Å². The lowest BCUT2D eigenvalue weighted by molar-refractivity contribution is -0.106. The van der Waals surface area contributed by atoms with E-state index in [9.17, 15) is 4.79 Å². The van der Waals surface area contributed by atoms with Gasteiger partial charge in [-0.25, -0.2) is 0 Å². The van der Waals surface area contributed by atoms with Gasteiger partial charge in [0.1, 0.15) is 6.29 Å². The van der Waals surface area contributed by atoms with Crippen molar-refractivity contribution in [3.05, 3.63) is 10.1 Å². The Morgan fingerprint density at radius 1 is 1.64 bits per heavy atom. The summed E-state index contributed by atoms with van der Waals surface area (Å²) >= 11 is 3.36. The number of carbonyl (C=O) groups excluding carboxylic acids is 1. The third-order valence-electron chi connectivity index (χ3n) is 1.69. The Bertz CT molecular complexity index is 206. The largest absolute Gasteiger partial charge is 0.370 e. The molecule has 0 aliphatic carbocycles. The highest BCUT2D eigenvalue weighted by Crippen LogP contribution is 2.30. The number of hydrogen-bond donors (Lipinski definition) is 0. The molecular formula is C8H11BrO2. The molecule has 0 unspecified atom stereocenters. The van der Waals surface area contributed by atoms with Crippen LogP contribution in [-0.2, 0) is 9.53 Å². The predicted octanol–water partition coefficient (Wildman–Crippen LogP) is 2.03. The van der Waals surface area contributed by atoms with E-state index in [0.717, 1.165) is 22.8 Å². The van der Waals surface area contributed by atoms with Gasteiger partial charge in [-0.15, -0.1) is 0 Å². The second-order valence-electron chi connectivity index (χ2n) is 3.27. The molecule has 0 amide bonds. The summed E-state index contributed by atoms with van der Waals surface area (Å²) in [5.41, 5.74) is 0.593. The van der Waals surface area contributed by atoms with Crippen molar-refractivity contribution >= 4 is 22.2 Å². The molecule has 0 atom stereocenters. The Morgan fingerprint density at radius 2 is 2.27 bits per heavy atom. The topological polar surface area (TPSA) is 26.3 Å². The molecule has 1 rings (SSSR count). The minimum absolute atomic E-state index is 0.134. The van der Waals surface area contributed by atoms with Crippen LogP contribution in [0.3, 0.4) is 0 Å². The third-order valence-corrected chi connectivity index (χ3v) is 2.48. The summed E-state index contributed by atoms with van der Waals surface area (Å²) in [6.45, 7) is 4.45. The molecule has 0 aromatic heterocycles. The molecule has 0 spiro atoms. The highest BCUT2D eigenvalue weighted by molar-refractivity contribution is 9.11. The molecule has 1 aliphatic rings. The van der Waals surface area contributed by atoms with Gasteiger partial charge in [-0.3, -0.25) is 4.79 Å². The van der Waals surface area contributed by atoms with Crippen molar-refractivity contribution in [1.82, 2.24) is 0 Å². The van der Waals surface area contributed by atoms with Crippen LogP contribution >= 0.6 is 15.9 Å². The zero-order valence-corrected chi connectivity index (χ0v) is 8.27. The molecule has 0 aromatic carbocycles. The minimum Gasteiger partial charge on any atom is -0.370 e. The van der Waals surface area contributed by atoms with E-state index in [2.05, 4.69) is 15.9 Å². The molecule has 0 bridgehead atoms.